The highest BCUT2D eigenvalue weighted by Crippen LogP contribution is 2.20. The zero-order valence-corrected chi connectivity index (χ0v) is 11.0. The van der Waals surface area contributed by atoms with Gasteiger partial charge in [-0.1, -0.05) is 37.3 Å². The van der Waals surface area contributed by atoms with E-state index < -0.39 is 12.8 Å². The van der Waals surface area contributed by atoms with Crippen molar-refractivity contribution in [2.45, 2.75) is 25.4 Å². The third-order valence-electron chi connectivity index (χ3n) is 2.79. The van der Waals surface area contributed by atoms with Crippen molar-refractivity contribution < 1.29 is 17.9 Å². The van der Waals surface area contributed by atoms with Crippen LogP contribution in [-0.4, -0.2) is 32.5 Å². The Labute approximate surface area is 112 Å². The molecule has 0 heterocycles. The van der Waals surface area contributed by atoms with Crippen LogP contribution in [0.5, 0.6) is 0 Å². The van der Waals surface area contributed by atoms with Gasteiger partial charge in [0, 0.05) is 13.2 Å². The maximum atomic E-state index is 12.0. The number of rotatable bonds is 8. The van der Waals surface area contributed by atoms with E-state index in [1.54, 1.807) is 0 Å². The highest BCUT2D eigenvalue weighted by Gasteiger charge is 2.27. The molecule has 1 N–H and O–H groups in total. The van der Waals surface area contributed by atoms with Crippen LogP contribution in [0.15, 0.2) is 30.3 Å². The van der Waals surface area contributed by atoms with Gasteiger partial charge in [-0.05, 0) is 24.4 Å². The van der Waals surface area contributed by atoms with Gasteiger partial charge in [0.25, 0.3) is 0 Å². The SMILES string of the molecule is CCNCC(CCOCC(F)(F)F)c1ccccc1. The van der Waals surface area contributed by atoms with E-state index in [2.05, 4.69) is 10.1 Å². The second kappa shape index (κ2) is 8.17. The summed E-state index contributed by atoms with van der Waals surface area (Å²) in [6.07, 6.45) is -3.67. The Morgan fingerprint density at radius 3 is 2.47 bits per heavy atom. The number of ether oxygens (including phenoxy) is 1. The van der Waals surface area contributed by atoms with E-state index in [1.165, 1.54) is 0 Å². The van der Waals surface area contributed by atoms with Gasteiger partial charge in [0.2, 0.25) is 0 Å². The van der Waals surface area contributed by atoms with Crippen molar-refractivity contribution in [3.63, 3.8) is 0 Å². The maximum absolute atomic E-state index is 12.0. The van der Waals surface area contributed by atoms with Crippen molar-refractivity contribution in [2.75, 3.05) is 26.3 Å². The molecule has 1 rings (SSSR count). The molecule has 19 heavy (non-hydrogen) atoms. The van der Waals surface area contributed by atoms with Crippen molar-refractivity contribution in [1.29, 1.82) is 0 Å². The van der Waals surface area contributed by atoms with E-state index in [1.807, 2.05) is 37.3 Å². The molecule has 0 aliphatic heterocycles. The molecule has 0 aliphatic carbocycles. The largest absolute Gasteiger partial charge is 0.411 e. The lowest BCUT2D eigenvalue weighted by Gasteiger charge is -2.18. The molecule has 0 radical (unpaired) electrons. The van der Waals surface area contributed by atoms with Crippen LogP contribution in [-0.2, 0) is 4.74 Å². The molecule has 0 amide bonds. The summed E-state index contributed by atoms with van der Waals surface area (Å²) in [7, 11) is 0. The van der Waals surface area contributed by atoms with Crippen LogP contribution >= 0.6 is 0 Å². The van der Waals surface area contributed by atoms with E-state index in [-0.39, 0.29) is 12.5 Å². The highest BCUT2D eigenvalue weighted by molar-refractivity contribution is 5.19. The van der Waals surface area contributed by atoms with Gasteiger partial charge in [-0.15, -0.1) is 0 Å². The van der Waals surface area contributed by atoms with Crippen molar-refractivity contribution in [3.05, 3.63) is 35.9 Å². The van der Waals surface area contributed by atoms with Crippen LogP contribution in [0.3, 0.4) is 0 Å². The molecule has 1 aromatic rings. The van der Waals surface area contributed by atoms with Gasteiger partial charge < -0.3 is 10.1 Å². The van der Waals surface area contributed by atoms with Crippen molar-refractivity contribution in [1.82, 2.24) is 5.32 Å². The lowest BCUT2D eigenvalue weighted by atomic mass is 9.96. The molecule has 1 unspecified atom stereocenters. The zero-order valence-electron chi connectivity index (χ0n) is 11.0. The molecule has 0 spiro atoms. The molecule has 2 nitrogen and oxygen atoms in total. The van der Waals surface area contributed by atoms with Gasteiger partial charge in [-0.25, -0.2) is 0 Å². The summed E-state index contributed by atoms with van der Waals surface area (Å²) in [6.45, 7) is 2.53. The zero-order chi connectivity index (χ0) is 14.1. The molecule has 108 valence electrons. The van der Waals surface area contributed by atoms with E-state index in [9.17, 15) is 13.2 Å². The summed E-state index contributed by atoms with van der Waals surface area (Å²) in [5.74, 6) is 0.175. The molecule has 0 fully saturated rings. The number of halogens is 3. The molecule has 0 aromatic heterocycles. The molecular formula is C14H20F3NO. The Morgan fingerprint density at radius 2 is 1.89 bits per heavy atom. The van der Waals surface area contributed by atoms with Crippen LogP contribution in [0.25, 0.3) is 0 Å². The minimum atomic E-state index is -4.25. The monoisotopic (exact) mass is 275 g/mol. The Morgan fingerprint density at radius 1 is 1.21 bits per heavy atom. The summed E-state index contributed by atoms with van der Waals surface area (Å²) < 4.78 is 40.6. The second-order valence-electron chi connectivity index (χ2n) is 4.37. The second-order valence-corrected chi connectivity index (χ2v) is 4.37. The van der Waals surface area contributed by atoms with Gasteiger partial charge in [-0.2, -0.15) is 13.2 Å². The number of hydrogen-bond acceptors (Lipinski definition) is 2. The molecule has 5 heteroatoms. The number of likely N-dealkylation sites (N-methyl/N-ethyl adjacent to an activating group) is 1. The lowest BCUT2D eigenvalue weighted by molar-refractivity contribution is -0.174. The smallest absolute Gasteiger partial charge is 0.372 e. The minimum Gasteiger partial charge on any atom is -0.372 e. The molecule has 0 bridgehead atoms. The Bertz CT molecular complexity index is 340. The first-order chi connectivity index (χ1) is 9.03. The molecular weight excluding hydrogens is 255 g/mol. The van der Waals surface area contributed by atoms with Gasteiger partial charge in [0.15, 0.2) is 0 Å². The molecule has 0 saturated heterocycles. The highest BCUT2D eigenvalue weighted by atomic mass is 19.4. The van der Waals surface area contributed by atoms with Gasteiger partial charge in [-0.3, -0.25) is 0 Å². The first-order valence-electron chi connectivity index (χ1n) is 6.43. The van der Waals surface area contributed by atoms with E-state index in [0.717, 1.165) is 18.7 Å². The first kappa shape index (κ1) is 16.0. The summed E-state index contributed by atoms with van der Waals surface area (Å²) in [6, 6.07) is 9.78. The first-order valence-corrected chi connectivity index (χ1v) is 6.43. The average Bonchev–Trinajstić information content (AvgIpc) is 2.38. The standard InChI is InChI=1S/C14H20F3NO/c1-2-18-10-13(12-6-4-3-5-7-12)8-9-19-11-14(15,16)17/h3-7,13,18H,2,8-11H2,1H3. The maximum Gasteiger partial charge on any atom is 0.411 e. The van der Waals surface area contributed by atoms with Crippen molar-refractivity contribution in [3.8, 4) is 0 Å². The van der Waals surface area contributed by atoms with Crippen LogP contribution < -0.4 is 5.32 Å². The minimum absolute atomic E-state index is 0.116. The summed E-state index contributed by atoms with van der Waals surface area (Å²) in [5, 5.41) is 3.23. The van der Waals surface area contributed by atoms with Crippen molar-refractivity contribution in [2.24, 2.45) is 0 Å². The van der Waals surface area contributed by atoms with E-state index in [0.29, 0.717) is 6.42 Å². The number of hydrogen-bond donors (Lipinski definition) is 1. The normalized spacial score (nSPS) is 13.5. The molecule has 0 saturated carbocycles. The number of nitrogens with one attached hydrogen (secondary N) is 1. The summed E-state index contributed by atoms with van der Waals surface area (Å²) >= 11 is 0. The van der Waals surface area contributed by atoms with Crippen LogP contribution in [0, 0.1) is 0 Å². The number of alkyl halides is 3. The average molecular weight is 275 g/mol. The van der Waals surface area contributed by atoms with Gasteiger partial charge in [0.1, 0.15) is 6.61 Å². The molecule has 0 aliphatic rings. The predicted molar refractivity (Wildman–Crippen MR) is 69.2 cm³/mol. The summed E-state index contributed by atoms with van der Waals surface area (Å²) in [4.78, 5) is 0. The fourth-order valence-electron chi connectivity index (χ4n) is 1.84. The van der Waals surface area contributed by atoms with Crippen LogP contribution in [0.4, 0.5) is 13.2 Å². The van der Waals surface area contributed by atoms with Crippen LogP contribution in [0.1, 0.15) is 24.8 Å². The predicted octanol–water partition coefficient (Wildman–Crippen LogP) is 3.35. The van der Waals surface area contributed by atoms with Crippen LogP contribution in [0.2, 0.25) is 0 Å². The summed E-state index contributed by atoms with van der Waals surface area (Å²) in [5.41, 5.74) is 1.12. The Hall–Kier alpha value is -1.07. The quantitative estimate of drug-likeness (QED) is 0.735. The Kier molecular flexibility index (Phi) is 6.87. The molecule has 1 atom stereocenters. The number of benzene rings is 1. The molecule has 1 aromatic carbocycles. The van der Waals surface area contributed by atoms with E-state index >= 15 is 0 Å². The third-order valence-corrected chi connectivity index (χ3v) is 2.79. The lowest BCUT2D eigenvalue weighted by Crippen LogP contribution is -2.23. The van der Waals surface area contributed by atoms with Gasteiger partial charge in [0.05, 0.1) is 0 Å². The fraction of sp³-hybridized carbons (Fsp3) is 0.571. The van der Waals surface area contributed by atoms with Gasteiger partial charge >= 0.3 is 6.18 Å². The van der Waals surface area contributed by atoms with E-state index in [4.69, 9.17) is 0 Å². The topological polar surface area (TPSA) is 21.3 Å². The Balaban J connectivity index is 2.42. The van der Waals surface area contributed by atoms with Crippen molar-refractivity contribution >= 4 is 0 Å². The third kappa shape index (κ3) is 7.18. The fourth-order valence-corrected chi connectivity index (χ4v) is 1.84.